The fraction of sp³-hybridized carbons (Fsp3) is 0.208. The minimum Gasteiger partial charge on any atom is -0.507 e. The molecule has 2 aromatic carbocycles. The molecule has 0 unspecified atom stereocenters. The van der Waals surface area contributed by atoms with E-state index in [1.165, 1.54) is 24.3 Å². The van der Waals surface area contributed by atoms with Crippen LogP contribution >= 0.6 is 0 Å². The zero-order valence-corrected chi connectivity index (χ0v) is 16.6. The lowest BCUT2D eigenvalue weighted by atomic mass is 9.81. The van der Waals surface area contributed by atoms with Gasteiger partial charge in [0, 0.05) is 17.2 Å². The normalized spacial score (nSPS) is 22.4. The summed E-state index contributed by atoms with van der Waals surface area (Å²) < 4.78 is 11.8. The predicted molar refractivity (Wildman–Crippen MR) is 109 cm³/mol. The molecule has 150 valence electrons. The average Bonchev–Trinajstić information content (AvgIpc) is 3.36. The van der Waals surface area contributed by atoms with Crippen molar-refractivity contribution in [3.63, 3.8) is 0 Å². The number of hydrogen-bond donors (Lipinski definition) is 1. The summed E-state index contributed by atoms with van der Waals surface area (Å²) in [5, 5.41) is 10.5. The third-order valence-electron chi connectivity index (χ3n) is 5.90. The van der Waals surface area contributed by atoms with Gasteiger partial charge < -0.3 is 14.3 Å². The molecule has 1 aliphatic carbocycles. The maximum absolute atomic E-state index is 13.3. The van der Waals surface area contributed by atoms with Crippen LogP contribution < -0.4 is 5.43 Å². The molecule has 6 heteroatoms. The summed E-state index contributed by atoms with van der Waals surface area (Å²) in [4.78, 5) is 39.4. The largest absolute Gasteiger partial charge is 0.507 e. The number of benzene rings is 2. The molecule has 0 saturated carbocycles. The Kier molecular flexibility index (Phi) is 3.70. The number of allylic oxidation sites excluding steroid dienone is 1. The van der Waals surface area contributed by atoms with Gasteiger partial charge in [0.15, 0.2) is 16.8 Å². The highest BCUT2D eigenvalue weighted by Crippen LogP contribution is 2.47. The van der Waals surface area contributed by atoms with Gasteiger partial charge in [-0.15, -0.1) is 0 Å². The van der Waals surface area contributed by atoms with Crippen LogP contribution in [0.3, 0.4) is 0 Å². The van der Waals surface area contributed by atoms with E-state index in [0.29, 0.717) is 11.3 Å². The Morgan fingerprint density at radius 1 is 1.07 bits per heavy atom. The number of carbonyl (C=O) groups is 2. The monoisotopic (exact) mass is 402 g/mol. The number of fused-ring (bicyclic) bond motifs is 4. The first-order chi connectivity index (χ1) is 14.3. The summed E-state index contributed by atoms with van der Waals surface area (Å²) in [6.45, 7) is 5.37. The van der Waals surface area contributed by atoms with Crippen LogP contribution in [-0.4, -0.2) is 22.8 Å². The maximum Gasteiger partial charge on any atom is 0.202 e. The highest BCUT2D eigenvalue weighted by Gasteiger charge is 2.54. The summed E-state index contributed by atoms with van der Waals surface area (Å²) in [5.74, 6) is -0.933. The van der Waals surface area contributed by atoms with Gasteiger partial charge in [0.1, 0.15) is 23.2 Å². The summed E-state index contributed by atoms with van der Waals surface area (Å²) in [6.07, 6.45) is 3.47. The summed E-state index contributed by atoms with van der Waals surface area (Å²) >= 11 is 0. The molecule has 0 bridgehead atoms. The SMILES string of the molecule is C/C=C/[C@@H]1O[C@@]1(C)c1cc(=O)c2c(C)cc3c(c2o1)C(=O)c1c(O)cccc1C3=O. The smallest absolute Gasteiger partial charge is 0.202 e. The zero-order chi connectivity index (χ0) is 21.4. The van der Waals surface area contributed by atoms with Crippen molar-refractivity contribution in [2.45, 2.75) is 32.5 Å². The van der Waals surface area contributed by atoms with Gasteiger partial charge in [-0.2, -0.15) is 0 Å². The van der Waals surface area contributed by atoms with Crippen LogP contribution in [0.25, 0.3) is 11.0 Å². The molecule has 0 amide bonds. The zero-order valence-electron chi connectivity index (χ0n) is 16.6. The number of phenolic OH excluding ortho intramolecular Hbond substituents is 1. The molecule has 1 saturated heterocycles. The molecular formula is C24H18O6. The Bertz CT molecular complexity index is 1380. The molecule has 1 aliphatic heterocycles. The molecular weight excluding hydrogens is 384 g/mol. The second-order valence-electron chi connectivity index (χ2n) is 7.82. The lowest BCUT2D eigenvalue weighted by molar-refractivity contribution is 0.0977. The van der Waals surface area contributed by atoms with Gasteiger partial charge in [0.05, 0.1) is 16.5 Å². The van der Waals surface area contributed by atoms with E-state index in [-0.39, 0.29) is 50.5 Å². The minimum atomic E-state index is -0.821. The van der Waals surface area contributed by atoms with E-state index in [1.54, 1.807) is 19.9 Å². The van der Waals surface area contributed by atoms with Gasteiger partial charge in [-0.05, 0) is 38.5 Å². The van der Waals surface area contributed by atoms with E-state index in [0.717, 1.165) is 0 Å². The molecule has 0 spiro atoms. The molecule has 30 heavy (non-hydrogen) atoms. The first-order valence-corrected chi connectivity index (χ1v) is 9.62. The van der Waals surface area contributed by atoms with Crippen LogP contribution in [-0.2, 0) is 10.3 Å². The second kappa shape index (κ2) is 6.00. The van der Waals surface area contributed by atoms with Crippen molar-refractivity contribution in [2.75, 3.05) is 0 Å². The molecule has 1 fully saturated rings. The number of carbonyl (C=O) groups excluding carboxylic acids is 2. The Morgan fingerprint density at radius 2 is 1.83 bits per heavy atom. The standard InChI is InChI=1S/C24H18O6/c1-4-6-16-24(3,30-16)17-10-15(26)18-11(2)9-13-20(23(18)29-17)22(28)19-12(21(13)27)7-5-8-14(19)25/h4-10,16,25H,1-3H3/b6-4+/t16-,24+/m0/s1. The topological polar surface area (TPSA) is 97.1 Å². The van der Waals surface area contributed by atoms with Gasteiger partial charge in [0.25, 0.3) is 0 Å². The van der Waals surface area contributed by atoms with Crippen molar-refractivity contribution in [3.05, 3.63) is 86.3 Å². The number of aromatic hydroxyl groups is 1. The molecule has 5 rings (SSSR count). The number of phenols is 1. The van der Waals surface area contributed by atoms with Crippen LogP contribution in [0.4, 0.5) is 0 Å². The van der Waals surface area contributed by atoms with Gasteiger partial charge in [-0.1, -0.05) is 24.3 Å². The molecule has 3 aromatic rings. The molecule has 2 heterocycles. The fourth-order valence-corrected chi connectivity index (χ4v) is 4.24. The number of rotatable bonds is 2. The van der Waals surface area contributed by atoms with E-state index >= 15 is 0 Å². The maximum atomic E-state index is 13.3. The number of epoxide rings is 1. The van der Waals surface area contributed by atoms with Crippen molar-refractivity contribution < 1.29 is 23.8 Å². The van der Waals surface area contributed by atoms with E-state index in [1.807, 2.05) is 19.1 Å². The van der Waals surface area contributed by atoms with Crippen molar-refractivity contribution in [3.8, 4) is 5.75 Å². The van der Waals surface area contributed by atoms with Crippen molar-refractivity contribution in [1.82, 2.24) is 0 Å². The lowest BCUT2D eigenvalue weighted by Crippen LogP contribution is -2.23. The first kappa shape index (κ1) is 18.5. The van der Waals surface area contributed by atoms with Crippen LogP contribution in [0.2, 0.25) is 0 Å². The lowest BCUT2D eigenvalue weighted by Gasteiger charge is -2.20. The van der Waals surface area contributed by atoms with Gasteiger partial charge in [0.2, 0.25) is 5.78 Å². The summed E-state index contributed by atoms with van der Waals surface area (Å²) in [5.41, 5.74) is -0.319. The van der Waals surface area contributed by atoms with E-state index < -0.39 is 17.2 Å². The molecule has 6 nitrogen and oxygen atoms in total. The molecule has 2 atom stereocenters. The van der Waals surface area contributed by atoms with Gasteiger partial charge in [-0.3, -0.25) is 14.4 Å². The summed E-state index contributed by atoms with van der Waals surface area (Å²) in [7, 11) is 0. The average molecular weight is 402 g/mol. The molecule has 2 aliphatic rings. The van der Waals surface area contributed by atoms with Crippen LogP contribution in [0, 0.1) is 6.92 Å². The van der Waals surface area contributed by atoms with Crippen molar-refractivity contribution in [1.29, 1.82) is 0 Å². The number of aryl methyl sites for hydroxylation is 1. The Balaban J connectivity index is 1.84. The van der Waals surface area contributed by atoms with Gasteiger partial charge in [-0.25, -0.2) is 0 Å². The highest BCUT2D eigenvalue weighted by molar-refractivity contribution is 6.32. The number of hydrogen-bond acceptors (Lipinski definition) is 6. The van der Waals surface area contributed by atoms with Crippen molar-refractivity contribution in [2.24, 2.45) is 0 Å². The van der Waals surface area contributed by atoms with Crippen LogP contribution in [0.5, 0.6) is 5.75 Å². The number of ether oxygens (including phenoxy) is 1. The minimum absolute atomic E-state index is 0.000355. The quantitative estimate of drug-likeness (QED) is 0.405. The third-order valence-corrected chi connectivity index (χ3v) is 5.90. The van der Waals surface area contributed by atoms with Crippen LogP contribution in [0.1, 0.15) is 57.0 Å². The third kappa shape index (κ3) is 2.31. The number of ketones is 2. The van der Waals surface area contributed by atoms with Crippen molar-refractivity contribution >= 4 is 22.5 Å². The molecule has 0 radical (unpaired) electrons. The molecule has 1 N–H and O–H groups in total. The van der Waals surface area contributed by atoms with E-state index in [9.17, 15) is 19.5 Å². The second-order valence-corrected chi connectivity index (χ2v) is 7.82. The summed E-state index contributed by atoms with van der Waals surface area (Å²) in [6, 6.07) is 7.30. The first-order valence-electron chi connectivity index (χ1n) is 9.62. The predicted octanol–water partition coefficient (Wildman–Crippen LogP) is 3.77. The highest BCUT2D eigenvalue weighted by atomic mass is 16.6. The Labute approximate surface area is 171 Å². The Morgan fingerprint density at radius 3 is 2.57 bits per heavy atom. The van der Waals surface area contributed by atoms with Crippen LogP contribution in [0.15, 0.2) is 51.7 Å². The fourth-order valence-electron chi connectivity index (χ4n) is 4.24. The van der Waals surface area contributed by atoms with E-state index in [4.69, 9.17) is 9.15 Å². The van der Waals surface area contributed by atoms with E-state index in [2.05, 4.69) is 0 Å². The molecule has 1 aromatic heterocycles. The Hall–Kier alpha value is -3.51. The van der Waals surface area contributed by atoms with Gasteiger partial charge >= 0.3 is 0 Å².